The molecule has 5 nitrogen and oxygen atoms in total. The summed E-state index contributed by atoms with van der Waals surface area (Å²) in [5.41, 5.74) is 0.213. The summed E-state index contributed by atoms with van der Waals surface area (Å²) in [6, 6.07) is 3.45. The maximum absolute atomic E-state index is 13.0. The van der Waals surface area contributed by atoms with E-state index in [0.717, 1.165) is 18.2 Å². The van der Waals surface area contributed by atoms with Gasteiger partial charge in [-0.15, -0.1) is 5.10 Å². The Labute approximate surface area is 109 Å². The fourth-order valence-electron chi connectivity index (χ4n) is 1.42. The van der Waals surface area contributed by atoms with E-state index in [1.54, 1.807) is 0 Å². The third-order valence-corrected chi connectivity index (χ3v) is 2.24. The normalized spacial score (nSPS) is 11.0. The van der Waals surface area contributed by atoms with Gasteiger partial charge in [-0.05, 0) is 12.1 Å². The first-order valence-corrected chi connectivity index (χ1v) is 5.82. The van der Waals surface area contributed by atoms with Crippen molar-refractivity contribution >= 4 is 11.7 Å². The molecule has 2 aromatic rings. The van der Waals surface area contributed by atoms with Gasteiger partial charge in [0.15, 0.2) is 0 Å². The van der Waals surface area contributed by atoms with Gasteiger partial charge in [0.25, 0.3) is 0 Å². The van der Waals surface area contributed by atoms with Crippen LogP contribution in [0, 0.1) is 11.6 Å². The highest BCUT2D eigenvalue weighted by Crippen LogP contribution is 2.17. The van der Waals surface area contributed by atoms with E-state index in [9.17, 15) is 8.78 Å². The second-order valence-electron chi connectivity index (χ2n) is 4.32. The molecule has 0 spiro atoms. The molecule has 0 saturated carbocycles. The third kappa shape index (κ3) is 3.99. The number of aromatic nitrogens is 2. The van der Waals surface area contributed by atoms with Crippen molar-refractivity contribution in [2.24, 2.45) is 0 Å². The summed E-state index contributed by atoms with van der Waals surface area (Å²) in [7, 11) is 0. The lowest BCUT2D eigenvalue weighted by atomic mass is 10.3. The van der Waals surface area contributed by atoms with Crippen LogP contribution in [-0.2, 0) is 6.54 Å². The Morgan fingerprint density at radius 1 is 1.16 bits per heavy atom. The maximum atomic E-state index is 13.0. The van der Waals surface area contributed by atoms with E-state index in [0.29, 0.717) is 18.5 Å². The molecule has 0 amide bonds. The minimum Gasteiger partial charge on any atom is -0.406 e. The Bertz CT molecular complexity index is 536. The van der Waals surface area contributed by atoms with Crippen LogP contribution in [0.2, 0.25) is 0 Å². The highest BCUT2D eigenvalue weighted by atomic mass is 19.1. The zero-order chi connectivity index (χ0) is 13.8. The van der Waals surface area contributed by atoms with Gasteiger partial charge >= 0.3 is 6.01 Å². The van der Waals surface area contributed by atoms with Crippen LogP contribution in [-0.4, -0.2) is 16.2 Å². The number of rotatable bonds is 5. The number of halogens is 2. The molecule has 1 aromatic heterocycles. The van der Waals surface area contributed by atoms with Crippen molar-refractivity contribution in [2.45, 2.75) is 26.4 Å². The summed E-state index contributed by atoms with van der Waals surface area (Å²) < 4.78 is 31.3. The molecule has 19 heavy (non-hydrogen) atoms. The molecule has 0 aliphatic heterocycles. The number of benzene rings is 1. The summed E-state index contributed by atoms with van der Waals surface area (Å²) in [5.74, 6) is -0.958. The zero-order valence-corrected chi connectivity index (χ0v) is 10.6. The summed E-state index contributed by atoms with van der Waals surface area (Å²) in [6.45, 7) is 4.42. The van der Waals surface area contributed by atoms with Gasteiger partial charge in [0.1, 0.15) is 11.6 Å². The summed E-state index contributed by atoms with van der Waals surface area (Å²) in [6.07, 6.45) is 0. The number of nitrogens with zero attached hydrogens (tertiary/aromatic N) is 2. The number of anilines is 2. The monoisotopic (exact) mass is 268 g/mol. The third-order valence-electron chi connectivity index (χ3n) is 2.24. The summed E-state index contributed by atoms with van der Waals surface area (Å²) >= 11 is 0. The van der Waals surface area contributed by atoms with Crippen molar-refractivity contribution < 1.29 is 13.2 Å². The molecular weight excluding hydrogens is 254 g/mol. The van der Waals surface area contributed by atoms with E-state index in [-0.39, 0.29) is 11.7 Å². The molecule has 1 heterocycles. The molecular formula is C12H14F2N4O. The van der Waals surface area contributed by atoms with Crippen molar-refractivity contribution in [3.8, 4) is 0 Å². The largest absolute Gasteiger partial charge is 0.406 e. The average molecular weight is 268 g/mol. The number of hydrogen-bond donors (Lipinski definition) is 2. The Balaban J connectivity index is 2.03. The molecule has 0 radical (unpaired) electrons. The average Bonchev–Trinajstić information content (AvgIpc) is 2.72. The molecule has 0 fully saturated rings. The smallest absolute Gasteiger partial charge is 0.320 e. The number of nitrogens with one attached hydrogen (secondary N) is 2. The molecule has 2 N–H and O–H groups in total. The summed E-state index contributed by atoms with van der Waals surface area (Å²) in [4.78, 5) is 0. The van der Waals surface area contributed by atoms with Gasteiger partial charge in [0.2, 0.25) is 5.89 Å². The van der Waals surface area contributed by atoms with Gasteiger partial charge in [-0.25, -0.2) is 8.78 Å². The second-order valence-corrected chi connectivity index (χ2v) is 4.32. The van der Waals surface area contributed by atoms with Gasteiger partial charge in [-0.2, -0.15) is 0 Å². The Morgan fingerprint density at radius 3 is 2.47 bits per heavy atom. The van der Waals surface area contributed by atoms with Crippen molar-refractivity contribution in [3.63, 3.8) is 0 Å². The minimum atomic E-state index is -0.677. The van der Waals surface area contributed by atoms with Crippen LogP contribution in [0.4, 0.5) is 20.5 Å². The molecule has 0 saturated heterocycles. The van der Waals surface area contributed by atoms with Crippen LogP contribution in [0.5, 0.6) is 0 Å². The lowest BCUT2D eigenvalue weighted by molar-refractivity contribution is 0.460. The van der Waals surface area contributed by atoms with E-state index in [1.807, 2.05) is 13.8 Å². The molecule has 1 aromatic carbocycles. The van der Waals surface area contributed by atoms with Gasteiger partial charge in [0.05, 0.1) is 6.54 Å². The minimum absolute atomic E-state index is 0.0885. The van der Waals surface area contributed by atoms with Crippen molar-refractivity contribution in [2.75, 3.05) is 5.32 Å². The van der Waals surface area contributed by atoms with E-state index in [4.69, 9.17) is 4.42 Å². The summed E-state index contributed by atoms with van der Waals surface area (Å²) in [5, 5.41) is 13.3. The predicted octanol–water partition coefficient (Wildman–Crippen LogP) is 2.59. The van der Waals surface area contributed by atoms with Crippen LogP contribution in [0.15, 0.2) is 22.6 Å². The Hall–Kier alpha value is -2.02. The van der Waals surface area contributed by atoms with E-state index in [2.05, 4.69) is 20.8 Å². The zero-order valence-electron chi connectivity index (χ0n) is 10.6. The standard InChI is InChI=1S/C12H14F2N4O/c1-7(2)15-6-11-17-18-12(19-11)16-10-4-8(13)3-9(14)5-10/h3-5,7,15H,6H2,1-2H3,(H,16,18). The molecule has 2 rings (SSSR count). The van der Waals surface area contributed by atoms with Gasteiger partial charge in [0, 0.05) is 17.8 Å². The lowest BCUT2D eigenvalue weighted by Crippen LogP contribution is -2.21. The van der Waals surface area contributed by atoms with Crippen molar-refractivity contribution in [1.29, 1.82) is 0 Å². The van der Waals surface area contributed by atoms with E-state index < -0.39 is 11.6 Å². The topological polar surface area (TPSA) is 63.0 Å². The van der Waals surface area contributed by atoms with Crippen LogP contribution in [0.3, 0.4) is 0 Å². The predicted molar refractivity (Wildman–Crippen MR) is 65.9 cm³/mol. The number of hydrogen-bond acceptors (Lipinski definition) is 5. The highest BCUT2D eigenvalue weighted by Gasteiger charge is 2.08. The lowest BCUT2D eigenvalue weighted by Gasteiger charge is -2.04. The SMILES string of the molecule is CC(C)NCc1nnc(Nc2cc(F)cc(F)c2)o1. The van der Waals surface area contributed by atoms with Gasteiger partial charge in [-0.1, -0.05) is 18.9 Å². The van der Waals surface area contributed by atoms with Gasteiger partial charge < -0.3 is 15.1 Å². The fraction of sp³-hybridized carbons (Fsp3) is 0.333. The van der Waals surface area contributed by atoms with Crippen LogP contribution in [0.1, 0.15) is 19.7 Å². The first-order chi connectivity index (χ1) is 9.02. The van der Waals surface area contributed by atoms with Crippen LogP contribution >= 0.6 is 0 Å². The molecule has 0 unspecified atom stereocenters. The molecule has 0 bridgehead atoms. The van der Waals surface area contributed by atoms with Crippen LogP contribution < -0.4 is 10.6 Å². The first kappa shape index (κ1) is 13.4. The fourth-order valence-corrected chi connectivity index (χ4v) is 1.42. The molecule has 102 valence electrons. The second kappa shape index (κ2) is 5.75. The molecule has 0 atom stereocenters. The molecule has 7 heteroatoms. The Kier molecular flexibility index (Phi) is 4.06. The van der Waals surface area contributed by atoms with Crippen molar-refractivity contribution in [1.82, 2.24) is 15.5 Å². The van der Waals surface area contributed by atoms with Crippen LogP contribution in [0.25, 0.3) is 0 Å². The highest BCUT2D eigenvalue weighted by molar-refractivity contribution is 5.51. The Morgan fingerprint density at radius 2 is 1.84 bits per heavy atom. The quantitative estimate of drug-likeness (QED) is 0.872. The van der Waals surface area contributed by atoms with E-state index >= 15 is 0 Å². The van der Waals surface area contributed by atoms with Crippen molar-refractivity contribution in [3.05, 3.63) is 35.7 Å². The maximum Gasteiger partial charge on any atom is 0.320 e. The first-order valence-electron chi connectivity index (χ1n) is 5.82. The van der Waals surface area contributed by atoms with Gasteiger partial charge in [-0.3, -0.25) is 0 Å². The molecule has 0 aliphatic rings. The van der Waals surface area contributed by atoms with E-state index in [1.165, 1.54) is 0 Å². The molecule has 0 aliphatic carbocycles.